The molecule has 1 aromatic heterocycles. The van der Waals surface area contributed by atoms with Crippen molar-refractivity contribution in [2.24, 2.45) is 5.41 Å². The number of nitrogens with zero attached hydrogens (tertiary/aromatic N) is 3. The minimum atomic E-state index is -1.19. The van der Waals surface area contributed by atoms with Crippen molar-refractivity contribution in [1.29, 1.82) is 0 Å². The van der Waals surface area contributed by atoms with Crippen LogP contribution >= 0.6 is 0 Å². The van der Waals surface area contributed by atoms with E-state index in [0.29, 0.717) is 12.2 Å². The summed E-state index contributed by atoms with van der Waals surface area (Å²) in [6.45, 7) is 7.69. The lowest BCUT2D eigenvalue weighted by Crippen LogP contribution is -2.45. The number of piperazine rings is 1. The molecule has 2 amide bonds. The number of hydrogen-bond donors (Lipinski definition) is 2. The average molecular weight is 396 g/mol. The van der Waals surface area contributed by atoms with Gasteiger partial charge in [-0.1, -0.05) is 0 Å². The minimum Gasteiger partial charge on any atom is -0.369 e. The molecule has 0 unspecified atom stereocenters. The van der Waals surface area contributed by atoms with Gasteiger partial charge in [-0.25, -0.2) is 0 Å². The first kappa shape index (κ1) is 20.8. The highest BCUT2D eigenvalue weighted by Crippen LogP contribution is 2.22. The van der Waals surface area contributed by atoms with E-state index in [1.165, 1.54) is 0 Å². The van der Waals surface area contributed by atoms with Gasteiger partial charge in [-0.2, -0.15) is 0 Å². The first-order chi connectivity index (χ1) is 13.9. The summed E-state index contributed by atoms with van der Waals surface area (Å²) in [5.41, 5.74) is 1.57. The summed E-state index contributed by atoms with van der Waals surface area (Å²) < 4.78 is 0. The average Bonchev–Trinajstić information content (AvgIpc) is 2.74. The van der Waals surface area contributed by atoms with Crippen LogP contribution in [0.4, 0.5) is 11.4 Å². The normalized spacial score (nSPS) is 15.1. The lowest BCUT2D eigenvalue weighted by Gasteiger charge is -2.34. The summed E-state index contributed by atoms with van der Waals surface area (Å²) in [6, 6.07) is 11.5. The summed E-state index contributed by atoms with van der Waals surface area (Å²) in [7, 11) is 2.13. The Bertz CT molecular complexity index is 828. The van der Waals surface area contributed by atoms with Crippen molar-refractivity contribution in [3.63, 3.8) is 0 Å². The molecule has 2 N–H and O–H groups in total. The Morgan fingerprint density at radius 1 is 0.966 bits per heavy atom. The highest BCUT2D eigenvalue weighted by Gasteiger charge is 2.36. The predicted octanol–water partition coefficient (Wildman–Crippen LogP) is 2.11. The summed E-state index contributed by atoms with van der Waals surface area (Å²) in [6.07, 6.45) is 3.34. The fourth-order valence-corrected chi connectivity index (χ4v) is 3.11. The fourth-order valence-electron chi connectivity index (χ4n) is 3.11. The molecule has 7 nitrogen and oxygen atoms in total. The maximum absolute atomic E-state index is 12.7. The number of rotatable bonds is 6. The molecule has 1 fully saturated rings. The van der Waals surface area contributed by atoms with Crippen molar-refractivity contribution in [3.8, 4) is 0 Å². The number of likely N-dealkylation sites (N-methyl/N-ethyl adjacent to an activating group) is 1. The van der Waals surface area contributed by atoms with E-state index < -0.39 is 5.41 Å². The maximum atomic E-state index is 12.7. The second-order valence-corrected chi connectivity index (χ2v) is 7.95. The van der Waals surface area contributed by atoms with Gasteiger partial charge in [-0.3, -0.25) is 14.6 Å². The zero-order chi connectivity index (χ0) is 20.9. The molecule has 1 saturated heterocycles. The number of aromatic nitrogens is 1. The third-order valence-electron chi connectivity index (χ3n) is 5.33. The van der Waals surface area contributed by atoms with Crippen molar-refractivity contribution in [2.75, 3.05) is 43.4 Å². The molecular weight excluding hydrogens is 366 g/mol. The van der Waals surface area contributed by atoms with Crippen LogP contribution in [0.25, 0.3) is 0 Å². The van der Waals surface area contributed by atoms with Gasteiger partial charge in [0.05, 0.1) is 0 Å². The lowest BCUT2D eigenvalue weighted by molar-refractivity contribution is -0.138. The van der Waals surface area contributed by atoms with Crippen LogP contribution in [-0.2, 0) is 16.1 Å². The van der Waals surface area contributed by atoms with Gasteiger partial charge in [-0.05, 0) is 62.9 Å². The Balaban J connectivity index is 1.55. The Labute approximate surface area is 172 Å². The smallest absolute Gasteiger partial charge is 0.239 e. The molecule has 0 radical (unpaired) electrons. The summed E-state index contributed by atoms with van der Waals surface area (Å²) in [5.74, 6) is -0.655. The number of carbonyl (C=O) groups excluding carboxylic acids is 2. The van der Waals surface area contributed by atoms with E-state index in [9.17, 15) is 9.59 Å². The van der Waals surface area contributed by atoms with Crippen LogP contribution in [0.1, 0.15) is 19.4 Å². The van der Waals surface area contributed by atoms with Crippen LogP contribution in [0.15, 0.2) is 48.8 Å². The molecular formula is C22H29N5O2. The summed E-state index contributed by atoms with van der Waals surface area (Å²) >= 11 is 0. The molecule has 0 saturated carbocycles. The monoisotopic (exact) mass is 395 g/mol. The highest BCUT2D eigenvalue weighted by atomic mass is 16.2. The molecule has 0 spiro atoms. The topological polar surface area (TPSA) is 77.6 Å². The van der Waals surface area contributed by atoms with E-state index in [0.717, 1.165) is 37.4 Å². The van der Waals surface area contributed by atoms with Crippen molar-refractivity contribution in [2.45, 2.75) is 20.4 Å². The van der Waals surface area contributed by atoms with E-state index in [2.05, 4.69) is 32.5 Å². The van der Waals surface area contributed by atoms with Gasteiger partial charge in [0, 0.05) is 56.5 Å². The van der Waals surface area contributed by atoms with Gasteiger partial charge in [-0.15, -0.1) is 0 Å². The number of amides is 2. The zero-order valence-electron chi connectivity index (χ0n) is 17.3. The van der Waals surface area contributed by atoms with E-state index in [1.807, 2.05) is 36.4 Å². The third-order valence-corrected chi connectivity index (χ3v) is 5.33. The van der Waals surface area contributed by atoms with E-state index >= 15 is 0 Å². The molecule has 1 aliphatic rings. The Kier molecular flexibility index (Phi) is 6.49. The molecule has 0 atom stereocenters. The molecule has 2 aromatic rings. The molecule has 1 aliphatic heterocycles. The van der Waals surface area contributed by atoms with Gasteiger partial charge >= 0.3 is 0 Å². The van der Waals surface area contributed by atoms with Crippen LogP contribution in [0.5, 0.6) is 0 Å². The largest absolute Gasteiger partial charge is 0.369 e. The number of hydrogen-bond acceptors (Lipinski definition) is 5. The molecule has 29 heavy (non-hydrogen) atoms. The minimum absolute atomic E-state index is 0.319. The Morgan fingerprint density at radius 3 is 2.21 bits per heavy atom. The van der Waals surface area contributed by atoms with Gasteiger partial charge in [0.25, 0.3) is 0 Å². The number of anilines is 2. The molecule has 154 valence electrons. The second-order valence-electron chi connectivity index (χ2n) is 7.95. The van der Waals surface area contributed by atoms with Gasteiger partial charge in [0.15, 0.2) is 0 Å². The van der Waals surface area contributed by atoms with Crippen LogP contribution < -0.4 is 15.5 Å². The zero-order valence-corrected chi connectivity index (χ0v) is 17.3. The van der Waals surface area contributed by atoms with Gasteiger partial charge in [0.1, 0.15) is 5.41 Å². The quantitative estimate of drug-likeness (QED) is 0.733. The molecule has 3 rings (SSSR count). The van der Waals surface area contributed by atoms with E-state index in [4.69, 9.17) is 0 Å². The SMILES string of the molecule is CN1CCN(c2ccc(NC(=O)C(C)(C)C(=O)NCc3ccncc3)cc2)CC1. The molecule has 1 aromatic carbocycles. The van der Waals surface area contributed by atoms with E-state index in [-0.39, 0.29) is 11.8 Å². The van der Waals surface area contributed by atoms with Crippen molar-refractivity contribution < 1.29 is 9.59 Å². The second kappa shape index (κ2) is 9.05. The maximum Gasteiger partial charge on any atom is 0.239 e. The van der Waals surface area contributed by atoms with Gasteiger partial charge in [0.2, 0.25) is 11.8 Å². The summed E-state index contributed by atoms with van der Waals surface area (Å²) in [5, 5.41) is 5.69. The van der Waals surface area contributed by atoms with Crippen molar-refractivity contribution in [1.82, 2.24) is 15.2 Å². The standard InChI is InChI=1S/C22H29N5O2/c1-22(2,20(28)24-16-17-8-10-23-11-9-17)21(29)25-18-4-6-19(7-5-18)27-14-12-26(3)13-15-27/h4-11H,12-16H2,1-3H3,(H,24,28)(H,25,29). The third kappa shape index (κ3) is 5.32. The predicted molar refractivity (Wildman–Crippen MR) is 115 cm³/mol. The summed E-state index contributed by atoms with van der Waals surface area (Å²) in [4.78, 5) is 33.9. The first-order valence-corrected chi connectivity index (χ1v) is 9.88. The van der Waals surface area contributed by atoms with Crippen LogP contribution in [-0.4, -0.2) is 54.9 Å². The highest BCUT2D eigenvalue weighted by molar-refractivity contribution is 6.09. The lowest BCUT2D eigenvalue weighted by atomic mass is 9.91. The number of carbonyl (C=O) groups is 2. The Morgan fingerprint density at radius 2 is 1.59 bits per heavy atom. The first-order valence-electron chi connectivity index (χ1n) is 9.88. The number of nitrogens with one attached hydrogen (secondary N) is 2. The molecule has 0 aliphatic carbocycles. The van der Waals surface area contributed by atoms with Gasteiger partial charge < -0.3 is 20.4 Å². The number of benzene rings is 1. The van der Waals surface area contributed by atoms with E-state index in [1.54, 1.807) is 26.2 Å². The van der Waals surface area contributed by atoms with Crippen molar-refractivity contribution in [3.05, 3.63) is 54.4 Å². The molecule has 7 heteroatoms. The number of pyridine rings is 1. The van der Waals surface area contributed by atoms with Crippen molar-refractivity contribution >= 4 is 23.2 Å². The molecule has 2 heterocycles. The fraction of sp³-hybridized carbons (Fsp3) is 0.409. The Hall–Kier alpha value is -2.93. The molecule has 0 bridgehead atoms. The van der Waals surface area contributed by atoms with Crippen LogP contribution in [0.3, 0.4) is 0 Å². The van der Waals surface area contributed by atoms with Crippen LogP contribution in [0, 0.1) is 5.41 Å². The van der Waals surface area contributed by atoms with Crippen LogP contribution in [0.2, 0.25) is 0 Å².